The molecule has 0 spiro atoms. The lowest BCUT2D eigenvalue weighted by atomic mass is 10.0. The number of esters is 1. The van der Waals surface area contributed by atoms with Gasteiger partial charge in [-0.05, 0) is 77.0 Å². The molecule has 0 bridgehead atoms. The van der Waals surface area contributed by atoms with Crippen LogP contribution < -0.4 is 5.32 Å². The van der Waals surface area contributed by atoms with Gasteiger partial charge in [-0.25, -0.2) is 0 Å². The molecular weight excluding hydrogens is 731 g/mol. The molecule has 6 heteroatoms. The van der Waals surface area contributed by atoms with Crippen LogP contribution in [0.5, 0.6) is 0 Å². The number of aliphatic hydroxyl groups is 2. The highest BCUT2D eigenvalue weighted by Gasteiger charge is 2.24. The number of ether oxygens (including phenoxy) is 1. The summed E-state index contributed by atoms with van der Waals surface area (Å²) >= 11 is 0. The predicted molar refractivity (Wildman–Crippen MR) is 255 cm³/mol. The molecule has 0 aliphatic carbocycles. The Kier molecular flexibility index (Phi) is 46.1. The highest BCUT2D eigenvalue weighted by molar-refractivity contribution is 5.77. The maximum Gasteiger partial charge on any atom is 0.306 e. The average molecular weight is 832 g/mol. The number of hydrogen-bond acceptors (Lipinski definition) is 5. The molecule has 6 nitrogen and oxygen atoms in total. The summed E-state index contributed by atoms with van der Waals surface area (Å²) in [7, 11) is 0. The van der Waals surface area contributed by atoms with Gasteiger partial charge in [0.15, 0.2) is 0 Å². The van der Waals surface area contributed by atoms with Gasteiger partial charge in [0, 0.05) is 6.42 Å². The number of carbonyl (C=O) groups excluding carboxylic acids is 2. The molecule has 348 valence electrons. The van der Waals surface area contributed by atoms with Crippen LogP contribution in [0.1, 0.15) is 278 Å². The fourth-order valence-corrected chi connectivity index (χ4v) is 8.01. The third-order valence-corrected chi connectivity index (χ3v) is 12.0. The van der Waals surface area contributed by atoms with Crippen LogP contribution in [-0.4, -0.2) is 46.9 Å². The van der Waals surface area contributed by atoms with Crippen molar-refractivity contribution in [2.24, 2.45) is 0 Å². The summed E-state index contributed by atoms with van der Waals surface area (Å²) in [4.78, 5) is 26.1. The number of rotatable bonds is 47. The molecule has 0 rings (SSSR count). The Hall–Kier alpha value is -1.66. The number of hydrogen-bond donors (Lipinski definition) is 3. The summed E-state index contributed by atoms with van der Waals surface area (Å²) in [6.45, 7) is 6.47. The zero-order valence-corrected chi connectivity index (χ0v) is 39.7. The normalized spacial score (nSPS) is 13.4. The van der Waals surface area contributed by atoms with E-state index in [9.17, 15) is 19.8 Å². The summed E-state index contributed by atoms with van der Waals surface area (Å²) < 4.78 is 5.92. The lowest BCUT2D eigenvalue weighted by molar-refractivity contribution is -0.151. The highest BCUT2D eigenvalue weighted by atomic mass is 16.5. The molecule has 3 N–H and O–H groups in total. The Morgan fingerprint density at radius 2 is 0.814 bits per heavy atom. The first-order valence-corrected chi connectivity index (χ1v) is 26.1. The first-order valence-electron chi connectivity index (χ1n) is 26.1. The number of carbonyl (C=O) groups is 2. The summed E-state index contributed by atoms with van der Waals surface area (Å²) in [5.74, 6) is -0.489. The van der Waals surface area contributed by atoms with Crippen LogP contribution in [-0.2, 0) is 14.3 Å². The lowest BCUT2D eigenvalue weighted by Crippen LogP contribution is -2.46. The fourth-order valence-electron chi connectivity index (χ4n) is 8.01. The van der Waals surface area contributed by atoms with Crippen molar-refractivity contribution in [3.8, 4) is 0 Å². The van der Waals surface area contributed by atoms with E-state index < -0.39 is 18.2 Å². The molecule has 0 aromatic heterocycles. The van der Waals surface area contributed by atoms with Gasteiger partial charge < -0.3 is 20.3 Å². The standard InChI is InChI=1S/C53H101NO5/c1-4-7-10-13-16-19-22-25-26-27-28-29-32-35-38-41-44-49(59-53(58)46-43-40-37-34-31-24-21-18-15-12-9-6-3)47-52(57)54-50(48-55)51(56)45-42-39-36-33-30-23-20-17-14-11-8-5-2/h18,21,28-29,49-51,55-56H,4-17,19-20,22-27,30-48H2,1-3H3,(H,54,57)/b21-18-,29-28+. The minimum atomic E-state index is -0.789. The molecule has 0 aliphatic heterocycles. The minimum Gasteiger partial charge on any atom is -0.462 e. The molecule has 3 atom stereocenters. The topological polar surface area (TPSA) is 95.9 Å². The van der Waals surface area contributed by atoms with Crippen molar-refractivity contribution in [1.29, 1.82) is 0 Å². The van der Waals surface area contributed by atoms with Crippen molar-refractivity contribution in [3.05, 3.63) is 24.3 Å². The van der Waals surface area contributed by atoms with Gasteiger partial charge in [-0.1, -0.05) is 212 Å². The smallest absolute Gasteiger partial charge is 0.306 e. The van der Waals surface area contributed by atoms with Crippen LogP contribution >= 0.6 is 0 Å². The van der Waals surface area contributed by atoms with Gasteiger partial charge in [0.2, 0.25) is 5.91 Å². The van der Waals surface area contributed by atoms with Gasteiger partial charge in [0.25, 0.3) is 0 Å². The van der Waals surface area contributed by atoms with E-state index in [2.05, 4.69) is 50.4 Å². The number of nitrogens with one attached hydrogen (secondary N) is 1. The number of unbranched alkanes of at least 4 members (excludes halogenated alkanes) is 31. The Labute approximate surface area is 367 Å². The maximum atomic E-state index is 13.2. The number of allylic oxidation sites excluding steroid dienone is 4. The highest BCUT2D eigenvalue weighted by Crippen LogP contribution is 2.18. The maximum absolute atomic E-state index is 13.2. The zero-order chi connectivity index (χ0) is 43.1. The van der Waals surface area contributed by atoms with Crippen molar-refractivity contribution in [2.45, 2.75) is 296 Å². The van der Waals surface area contributed by atoms with Gasteiger partial charge in [0.05, 0.1) is 25.2 Å². The van der Waals surface area contributed by atoms with Crippen LogP contribution in [0.2, 0.25) is 0 Å². The first kappa shape index (κ1) is 57.3. The predicted octanol–water partition coefficient (Wildman–Crippen LogP) is 15.5. The second-order valence-corrected chi connectivity index (χ2v) is 17.9. The van der Waals surface area contributed by atoms with Crippen molar-refractivity contribution in [2.75, 3.05) is 6.61 Å². The summed E-state index contributed by atoms with van der Waals surface area (Å²) in [5.41, 5.74) is 0. The largest absolute Gasteiger partial charge is 0.462 e. The quantitative estimate of drug-likeness (QED) is 0.0322. The third-order valence-electron chi connectivity index (χ3n) is 12.0. The SMILES string of the molecule is CCCCC/C=C\CCCCCCCC(=O)OC(CCCCC/C=C/CCCCCCCCCCC)CC(=O)NC(CO)C(O)CCCCCCCCCCCCCC. The van der Waals surface area contributed by atoms with E-state index in [4.69, 9.17) is 4.74 Å². The molecule has 0 aliphatic rings. The van der Waals surface area contributed by atoms with Crippen LogP contribution in [0, 0.1) is 0 Å². The van der Waals surface area contributed by atoms with Crippen LogP contribution in [0.25, 0.3) is 0 Å². The van der Waals surface area contributed by atoms with E-state index in [1.807, 2.05) is 0 Å². The summed E-state index contributed by atoms with van der Waals surface area (Å²) in [6.07, 6.45) is 53.8. The van der Waals surface area contributed by atoms with Crippen LogP contribution in [0.15, 0.2) is 24.3 Å². The van der Waals surface area contributed by atoms with Gasteiger partial charge >= 0.3 is 5.97 Å². The van der Waals surface area contributed by atoms with Gasteiger partial charge in [0.1, 0.15) is 6.10 Å². The second kappa shape index (κ2) is 47.4. The molecule has 0 saturated carbocycles. The second-order valence-electron chi connectivity index (χ2n) is 17.9. The van der Waals surface area contributed by atoms with E-state index in [0.29, 0.717) is 19.3 Å². The fraction of sp³-hybridized carbons (Fsp3) is 0.887. The van der Waals surface area contributed by atoms with E-state index in [0.717, 1.165) is 70.6 Å². The summed E-state index contributed by atoms with van der Waals surface area (Å²) in [6, 6.07) is -0.703. The third kappa shape index (κ3) is 42.8. The number of aliphatic hydroxyl groups excluding tert-OH is 2. The molecule has 1 amide bonds. The van der Waals surface area contributed by atoms with Gasteiger partial charge in [-0.2, -0.15) is 0 Å². The van der Waals surface area contributed by atoms with Crippen LogP contribution in [0.3, 0.4) is 0 Å². The molecule has 0 fully saturated rings. The van der Waals surface area contributed by atoms with E-state index in [1.54, 1.807) is 0 Å². The monoisotopic (exact) mass is 832 g/mol. The molecular formula is C53H101NO5. The Bertz CT molecular complexity index is 935. The van der Waals surface area contributed by atoms with Crippen molar-refractivity contribution < 1.29 is 24.5 Å². The first-order chi connectivity index (χ1) is 29.0. The Balaban J connectivity index is 4.59. The van der Waals surface area contributed by atoms with E-state index >= 15 is 0 Å². The van der Waals surface area contributed by atoms with E-state index in [1.165, 1.54) is 161 Å². The van der Waals surface area contributed by atoms with Crippen LogP contribution in [0.4, 0.5) is 0 Å². The van der Waals surface area contributed by atoms with Crippen molar-refractivity contribution in [3.63, 3.8) is 0 Å². The molecule has 0 aromatic carbocycles. The van der Waals surface area contributed by atoms with Gasteiger partial charge in [-0.15, -0.1) is 0 Å². The van der Waals surface area contributed by atoms with E-state index in [-0.39, 0.29) is 24.9 Å². The zero-order valence-electron chi connectivity index (χ0n) is 39.7. The molecule has 0 aromatic rings. The van der Waals surface area contributed by atoms with Gasteiger partial charge in [-0.3, -0.25) is 9.59 Å². The minimum absolute atomic E-state index is 0.0676. The number of amides is 1. The summed E-state index contributed by atoms with van der Waals surface area (Å²) in [5, 5.41) is 23.7. The Morgan fingerprint density at radius 1 is 0.475 bits per heavy atom. The average Bonchev–Trinajstić information content (AvgIpc) is 3.23. The molecule has 0 radical (unpaired) electrons. The lowest BCUT2D eigenvalue weighted by Gasteiger charge is -2.24. The molecule has 0 heterocycles. The molecule has 3 unspecified atom stereocenters. The van der Waals surface area contributed by atoms with Crippen molar-refractivity contribution >= 4 is 11.9 Å². The Morgan fingerprint density at radius 3 is 1.25 bits per heavy atom. The molecule has 0 saturated heterocycles. The molecule has 59 heavy (non-hydrogen) atoms. The van der Waals surface area contributed by atoms with Crippen molar-refractivity contribution in [1.82, 2.24) is 5.32 Å².